The standard InChI is InChI=1S/C19H35N/c1-5-14(6-2)8-17(20-4)19-11-15-7-16(12-19)10-18(3,9-15)13-19/h14-17,20H,5-13H2,1-4H3. The van der Waals surface area contributed by atoms with Gasteiger partial charge in [-0.2, -0.15) is 0 Å². The van der Waals surface area contributed by atoms with Crippen molar-refractivity contribution in [3.05, 3.63) is 0 Å². The molecule has 116 valence electrons. The van der Waals surface area contributed by atoms with Crippen molar-refractivity contribution in [2.45, 2.75) is 84.6 Å². The van der Waals surface area contributed by atoms with Gasteiger partial charge in [0.2, 0.25) is 0 Å². The van der Waals surface area contributed by atoms with Crippen molar-refractivity contribution in [2.24, 2.45) is 28.6 Å². The lowest BCUT2D eigenvalue weighted by atomic mass is 9.43. The molecule has 20 heavy (non-hydrogen) atoms. The highest BCUT2D eigenvalue weighted by molar-refractivity contribution is 5.09. The Balaban J connectivity index is 1.80. The summed E-state index contributed by atoms with van der Waals surface area (Å²) in [6.45, 7) is 7.35. The molecule has 0 aliphatic heterocycles. The Morgan fingerprint density at radius 1 is 1.05 bits per heavy atom. The molecule has 0 radical (unpaired) electrons. The van der Waals surface area contributed by atoms with Gasteiger partial charge < -0.3 is 5.32 Å². The summed E-state index contributed by atoms with van der Waals surface area (Å²) >= 11 is 0. The minimum Gasteiger partial charge on any atom is -0.316 e. The molecule has 1 N–H and O–H groups in total. The molecule has 4 bridgehead atoms. The average Bonchev–Trinajstić information content (AvgIpc) is 2.37. The van der Waals surface area contributed by atoms with Gasteiger partial charge in [-0.05, 0) is 80.6 Å². The van der Waals surface area contributed by atoms with Crippen LogP contribution in [0.2, 0.25) is 0 Å². The van der Waals surface area contributed by atoms with Crippen LogP contribution in [-0.2, 0) is 0 Å². The molecule has 3 atom stereocenters. The van der Waals surface area contributed by atoms with Crippen molar-refractivity contribution in [1.82, 2.24) is 5.32 Å². The van der Waals surface area contributed by atoms with E-state index in [1.807, 2.05) is 0 Å². The van der Waals surface area contributed by atoms with Crippen LogP contribution in [0.5, 0.6) is 0 Å². The zero-order chi connectivity index (χ0) is 14.4. The molecule has 0 saturated heterocycles. The monoisotopic (exact) mass is 277 g/mol. The van der Waals surface area contributed by atoms with Gasteiger partial charge in [-0.15, -0.1) is 0 Å². The topological polar surface area (TPSA) is 12.0 Å². The highest BCUT2D eigenvalue weighted by Gasteiger charge is 2.57. The zero-order valence-electron chi connectivity index (χ0n) is 14.2. The van der Waals surface area contributed by atoms with Gasteiger partial charge >= 0.3 is 0 Å². The van der Waals surface area contributed by atoms with Gasteiger partial charge in [0.05, 0.1) is 0 Å². The Morgan fingerprint density at radius 2 is 1.65 bits per heavy atom. The lowest BCUT2D eigenvalue weighted by Crippen LogP contribution is -2.58. The van der Waals surface area contributed by atoms with Gasteiger partial charge in [-0.1, -0.05) is 33.6 Å². The highest BCUT2D eigenvalue weighted by atomic mass is 14.9. The van der Waals surface area contributed by atoms with Crippen LogP contribution in [0.3, 0.4) is 0 Å². The molecule has 0 spiro atoms. The first-order valence-corrected chi connectivity index (χ1v) is 9.20. The van der Waals surface area contributed by atoms with E-state index in [0.29, 0.717) is 10.8 Å². The number of hydrogen-bond acceptors (Lipinski definition) is 1. The highest BCUT2D eigenvalue weighted by Crippen LogP contribution is 2.66. The summed E-state index contributed by atoms with van der Waals surface area (Å²) in [5.41, 5.74) is 1.34. The summed E-state index contributed by atoms with van der Waals surface area (Å²) in [7, 11) is 2.23. The lowest BCUT2D eigenvalue weighted by molar-refractivity contribution is -0.120. The molecular formula is C19H35N. The second-order valence-corrected chi connectivity index (χ2v) is 8.89. The van der Waals surface area contributed by atoms with Crippen molar-refractivity contribution in [3.8, 4) is 0 Å². The van der Waals surface area contributed by atoms with E-state index in [4.69, 9.17) is 0 Å². The molecule has 4 aliphatic rings. The maximum absolute atomic E-state index is 3.78. The predicted octanol–water partition coefficient (Wildman–Crippen LogP) is 5.01. The third kappa shape index (κ3) is 2.45. The first kappa shape index (κ1) is 14.9. The lowest BCUT2D eigenvalue weighted by Gasteiger charge is -2.63. The van der Waals surface area contributed by atoms with Crippen LogP contribution in [0.15, 0.2) is 0 Å². The van der Waals surface area contributed by atoms with Crippen molar-refractivity contribution in [1.29, 1.82) is 0 Å². The van der Waals surface area contributed by atoms with Gasteiger partial charge in [-0.25, -0.2) is 0 Å². The van der Waals surface area contributed by atoms with Gasteiger partial charge in [0, 0.05) is 6.04 Å². The summed E-state index contributed by atoms with van der Waals surface area (Å²) < 4.78 is 0. The quantitative estimate of drug-likeness (QED) is 0.720. The Labute approximate surface area is 126 Å². The van der Waals surface area contributed by atoms with E-state index >= 15 is 0 Å². The van der Waals surface area contributed by atoms with Crippen LogP contribution in [0.1, 0.15) is 78.6 Å². The fourth-order valence-corrected chi connectivity index (χ4v) is 6.84. The van der Waals surface area contributed by atoms with Crippen LogP contribution >= 0.6 is 0 Å². The molecule has 4 aliphatic carbocycles. The molecule has 3 unspecified atom stereocenters. The minimum atomic E-state index is 0.649. The second-order valence-electron chi connectivity index (χ2n) is 8.89. The van der Waals surface area contributed by atoms with Crippen LogP contribution in [0, 0.1) is 28.6 Å². The summed E-state index contributed by atoms with van der Waals surface area (Å²) in [6, 6.07) is 0.776. The first-order chi connectivity index (χ1) is 9.52. The first-order valence-electron chi connectivity index (χ1n) is 9.20. The summed E-state index contributed by atoms with van der Waals surface area (Å²) in [5, 5.41) is 3.78. The largest absolute Gasteiger partial charge is 0.316 e. The summed E-state index contributed by atoms with van der Waals surface area (Å²) in [5.74, 6) is 3.03. The Bertz CT molecular complexity index is 330. The molecule has 0 aromatic heterocycles. The molecule has 1 heteroatoms. The normalized spacial score (nSPS) is 44.2. The maximum atomic E-state index is 3.78. The van der Waals surface area contributed by atoms with E-state index < -0.39 is 0 Å². The van der Waals surface area contributed by atoms with Gasteiger partial charge in [0.1, 0.15) is 0 Å². The second kappa shape index (κ2) is 5.30. The number of rotatable bonds is 6. The van der Waals surface area contributed by atoms with Crippen LogP contribution < -0.4 is 5.32 Å². The molecule has 4 saturated carbocycles. The van der Waals surface area contributed by atoms with Crippen molar-refractivity contribution >= 4 is 0 Å². The number of nitrogens with one attached hydrogen (secondary N) is 1. The fourth-order valence-electron chi connectivity index (χ4n) is 6.84. The van der Waals surface area contributed by atoms with Crippen LogP contribution in [0.4, 0.5) is 0 Å². The SMILES string of the molecule is CCC(CC)CC(NC)C12CC3CC(CC(C)(C3)C1)C2. The average molecular weight is 277 g/mol. The van der Waals surface area contributed by atoms with Crippen molar-refractivity contribution < 1.29 is 0 Å². The molecular weight excluding hydrogens is 242 g/mol. The third-order valence-corrected chi connectivity index (χ3v) is 7.21. The molecule has 1 nitrogen and oxygen atoms in total. The van der Waals surface area contributed by atoms with E-state index in [9.17, 15) is 0 Å². The van der Waals surface area contributed by atoms with E-state index in [2.05, 4.69) is 33.1 Å². The Morgan fingerprint density at radius 3 is 2.10 bits per heavy atom. The van der Waals surface area contributed by atoms with Gasteiger partial charge in [0.15, 0.2) is 0 Å². The zero-order valence-corrected chi connectivity index (χ0v) is 14.2. The maximum Gasteiger partial charge on any atom is 0.0123 e. The van der Waals surface area contributed by atoms with E-state index in [-0.39, 0.29) is 0 Å². The van der Waals surface area contributed by atoms with Crippen molar-refractivity contribution in [2.75, 3.05) is 7.05 Å². The van der Waals surface area contributed by atoms with Gasteiger partial charge in [-0.3, -0.25) is 0 Å². The van der Waals surface area contributed by atoms with E-state index in [1.54, 1.807) is 6.42 Å². The fraction of sp³-hybridized carbons (Fsp3) is 1.00. The Kier molecular flexibility index (Phi) is 3.95. The molecule has 0 amide bonds. The molecule has 4 fully saturated rings. The minimum absolute atomic E-state index is 0.649. The summed E-state index contributed by atoms with van der Waals surface area (Å²) in [4.78, 5) is 0. The van der Waals surface area contributed by atoms with Crippen molar-refractivity contribution in [3.63, 3.8) is 0 Å². The molecule has 4 rings (SSSR count). The van der Waals surface area contributed by atoms with Crippen LogP contribution in [-0.4, -0.2) is 13.1 Å². The van der Waals surface area contributed by atoms with E-state index in [0.717, 1.165) is 23.8 Å². The van der Waals surface area contributed by atoms with Crippen LogP contribution in [0.25, 0.3) is 0 Å². The third-order valence-electron chi connectivity index (χ3n) is 7.21. The molecule has 0 aromatic carbocycles. The molecule has 0 heterocycles. The predicted molar refractivity (Wildman–Crippen MR) is 86.8 cm³/mol. The Hall–Kier alpha value is -0.0400. The smallest absolute Gasteiger partial charge is 0.0123 e. The summed E-state index contributed by atoms with van der Waals surface area (Å²) in [6.07, 6.45) is 13.3. The molecule has 0 aromatic rings. The van der Waals surface area contributed by atoms with E-state index in [1.165, 1.54) is 51.4 Å². The number of hydrogen-bond donors (Lipinski definition) is 1. The van der Waals surface area contributed by atoms with Gasteiger partial charge in [0.25, 0.3) is 0 Å².